The molecular formula is C15H19BrN4O. The lowest BCUT2D eigenvalue weighted by atomic mass is 9.99. The summed E-state index contributed by atoms with van der Waals surface area (Å²) in [6, 6.07) is 7.41. The number of nitrogens with two attached hydrogens (primary N) is 1. The van der Waals surface area contributed by atoms with Crippen LogP contribution in [0.5, 0.6) is 5.88 Å². The highest BCUT2D eigenvalue weighted by molar-refractivity contribution is 9.10. The summed E-state index contributed by atoms with van der Waals surface area (Å²) in [6.45, 7) is 6.89. The monoisotopic (exact) mass is 350 g/mol. The van der Waals surface area contributed by atoms with Gasteiger partial charge in [-0.15, -0.1) is 0 Å². The van der Waals surface area contributed by atoms with Crippen molar-refractivity contribution in [2.75, 3.05) is 17.7 Å². The van der Waals surface area contributed by atoms with Crippen LogP contribution in [0.15, 0.2) is 34.9 Å². The zero-order valence-corrected chi connectivity index (χ0v) is 13.9. The highest BCUT2D eigenvalue weighted by Gasteiger charge is 2.14. The SMILES string of the molecule is CC(C)(C)COc1nc(Nc2cccc(N)c2)ncc1Br. The zero-order valence-electron chi connectivity index (χ0n) is 12.4. The quantitative estimate of drug-likeness (QED) is 0.815. The van der Waals surface area contributed by atoms with E-state index in [4.69, 9.17) is 10.5 Å². The Labute approximate surface area is 133 Å². The fourth-order valence-corrected chi connectivity index (χ4v) is 1.85. The first-order valence-corrected chi connectivity index (χ1v) is 7.41. The summed E-state index contributed by atoms with van der Waals surface area (Å²) in [5, 5.41) is 3.11. The van der Waals surface area contributed by atoms with Gasteiger partial charge in [0.2, 0.25) is 11.8 Å². The van der Waals surface area contributed by atoms with Gasteiger partial charge in [-0.05, 0) is 39.5 Å². The first-order valence-electron chi connectivity index (χ1n) is 6.61. The number of nitrogens with zero attached hydrogens (tertiary/aromatic N) is 2. The van der Waals surface area contributed by atoms with Crippen molar-refractivity contribution in [2.45, 2.75) is 20.8 Å². The van der Waals surface area contributed by atoms with E-state index in [-0.39, 0.29) is 5.41 Å². The summed E-state index contributed by atoms with van der Waals surface area (Å²) >= 11 is 3.40. The first-order chi connectivity index (χ1) is 9.83. The maximum Gasteiger partial charge on any atom is 0.232 e. The normalized spacial score (nSPS) is 11.2. The molecule has 0 atom stereocenters. The molecule has 0 unspecified atom stereocenters. The van der Waals surface area contributed by atoms with Gasteiger partial charge in [-0.1, -0.05) is 26.8 Å². The number of hydrogen-bond acceptors (Lipinski definition) is 5. The predicted molar refractivity (Wildman–Crippen MR) is 88.8 cm³/mol. The number of benzene rings is 1. The average Bonchev–Trinajstić information content (AvgIpc) is 2.38. The Bertz CT molecular complexity index is 625. The maximum absolute atomic E-state index is 5.75. The van der Waals surface area contributed by atoms with Gasteiger partial charge in [0.1, 0.15) is 0 Å². The van der Waals surface area contributed by atoms with Crippen LogP contribution in [0.4, 0.5) is 17.3 Å². The Hall–Kier alpha value is -1.82. The lowest BCUT2D eigenvalue weighted by molar-refractivity contribution is 0.190. The molecule has 0 fully saturated rings. The van der Waals surface area contributed by atoms with E-state index in [0.717, 1.165) is 10.2 Å². The maximum atomic E-state index is 5.75. The van der Waals surface area contributed by atoms with Gasteiger partial charge in [-0.3, -0.25) is 0 Å². The number of rotatable bonds is 4. The van der Waals surface area contributed by atoms with Crippen molar-refractivity contribution in [3.05, 3.63) is 34.9 Å². The molecule has 0 radical (unpaired) electrons. The molecule has 1 aromatic carbocycles. The van der Waals surface area contributed by atoms with Crippen LogP contribution in [0, 0.1) is 5.41 Å². The first kappa shape index (κ1) is 15.6. The van der Waals surface area contributed by atoms with Gasteiger partial charge in [-0.2, -0.15) is 4.98 Å². The number of anilines is 3. The lowest BCUT2D eigenvalue weighted by Crippen LogP contribution is -2.17. The molecule has 3 N–H and O–H groups in total. The predicted octanol–water partition coefficient (Wildman–Crippen LogP) is 3.99. The molecule has 1 aromatic heterocycles. The molecule has 5 nitrogen and oxygen atoms in total. The van der Waals surface area contributed by atoms with Crippen LogP contribution < -0.4 is 15.8 Å². The van der Waals surface area contributed by atoms with Crippen LogP contribution in [0.25, 0.3) is 0 Å². The Balaban J connectivity index is 2.14. The van der Waals surface area contributed by atoms with Crippen molar-refractivity contribution in [3.63, 3.8) is 0 Å². The molecule has 0 aliphatic rings. The number of halogens is 1. The molecule has 0 saturated carbocycles. The molecule has 0 amide bonds. The molecule has 0 saturated heterocycles. The fraction of sp³-hybridized carbons (Fsp3) is 0.333. The Kier molecular flexibility index (Phi) is 4.67. The summed E-state index contributed by atoms with van der Waals surface area (Å²) in [7, 11) is 0. The van der Waals surface area contributed by atoms with Gasteiger partial charge in [0, 0.05) is 11.4 Å². The van der Waals surface area contributed by atoms with E-state index in [1.165, 1.54) is 0 Å². The van der Waals surface area contributed by atoms with E-state index in [1.54, 1.807) is 6.20 Å². The van der Waals surface area contributed by atoms with Crippen molar-refractivity contribution in [3.8, 4) is 5.88 Å². The highest BCUT2D eigenvalue weighted by Crippen LogP contribution is 2.26. The highest BCUT2D eigenvalue weighted by atomic mass is 79.9. The number of aromatic nitrogens is 2. The summed E-state index contributed by atoms with van der Waals surface area (Å²) in [6.07, 6.45) is 1.67. The van der Waals surface area contributed by atoms with Crippen molar-refractivity contribution in [1.29, 1.82) is 0 Å². The van der Waals surface area contributed by atoms with Gasteiger partial charge in [0.25, 0.3) is 0 Å². The summed E-state index contributed by atoms with van der Waals surface area (Å²) < 4.78 is 6.47. The van der Waals surface area contributed by atoms with Crippen LogP contribution in [0.1, 0.15) is 20.8 Å². The van der Waals surface area contributed by atoms with E-state index < -0.39 is 0 Å². The summed E-state index contributed by atoms with van der Waals surface area (Å²) in [5.74, 6) is 0.985. The van der Waals surface area contributed by atoms with E-state index in [0.29, 0.717) is 24.1 Å². The second-order valence-corrected chi connectivity index (χ2v) is 6.80. The molecular weight excluding hydrogens is 332 g/mol. The molecule has 6 heteroatoms. The van der Waals surface area contributed by atoms with Crippen molar-refractivity contribution < 1.29 is 4.74 Å². The van der Waals surface area contributed by atoms with Gasteiger partial charge in [0.05, 0.1) is 17.3 Å². The van der Waals surface area contributed by atoms with E-state index in [2.05, 4.69) is 52.0 Å². The Morgan fingerprint density at radius 3 is 2.76 bits per heavy atom. The third-order valence-electron chi connectivity index (χ3n) is 2.50. The molecule has 2 aromatic rings. The fourth-order valence-electron chi connectivity index (χ4n) is 1.54. The van der Waals surface area contributed by atoms with Crippen molar-refractivity contribution in [2.24, 2.45) is 5.41 Å². The van der Waals surface area contributed by atoms with E-state index in [9.17, 15) is 0 Å². The Morgan fingerprint density at radius 1 is 1.33 bits per heavy atom. The molecule has 1 heterocycles. The topological polar surface area (TPSA) is 73.1 Å². The molecule has 0 spiro atoms. The van der Waals surface area contributed by atoms with Crippen LogP contribution in [-0.2, 0) is 0 Å². The van der Waals surface area contributed by atoms with E-state index in [1.807, 2.05) is 24.3 Å². The smallest absolute Gasteiger partial charge is 0.232 e. The van der Waals surface area contributed by atoms with Gasteiger partial charge in [0.15, 0.2) is 0 Å². The van der Waals surface area contributed by atoms with E-state index >= 15 is 0 Å². The molecule has 21 heavy (non-hydrogen) atoms. The van der Waals surface area contributed by atoms with Gasteiger partial charge >= 0.3 is 0 Å². The molecule has 0 aliphatic carbocycles. The lowest BCUT2D eigenvalue weighted by Gasteiger charge is -2.19. The van der Waals surface area contributed by atoms with Crippen LogP contribution in [0.3, 0.4) is 0 Å². The van der Waals surface area contributed by atoms with Gasteiger partial charge in [-0.25, -0.2) is 4.98 Å². The van der Waals surface area contributed by atoms with Crippen LogP contribution in [-0.4, -0.2) is 16.6 Å². The number of nitrogen functional groups attached to an aromatic ring is 1. The Morgan fingerprint density at radius 2 is 2.10 bits per heavy atom. The van der Waals surface area contributed by atoms with Gasteiger partial charge < -0.3 is 15.8 Å². The third kappa shape index (κ3) is 4.90. The third-order valence-corrected chi connectivity index (χ3v) is 3.04. The molecule has 112 valence electrons. The van der Waals surface area contributed by atoms with Crippen molar-refractivity contribution in [1.82, 2.24) is 9.97 Å². The minimum atomic E-state index is 0.0614. The standard InChI is InChI=1S/C15H19BrN4O/c1-15(2,3)9-21-13-12(16)8-18-14(20-13)19-11-6-4-5-10(17)7-11/h4-8H,9,17H2,1-3H3,(H,18,19,20). The molecule has 0 aliphatic heterocycles. The second kappa shape index (κ2) is 6.30. The second-order valence-electron chi connectivity index (χ2n) is 5.95. The summed E-state index contributed by atoms with van der Waals surface area (Å²) in [5.41, 5.74) is 7.32. The largest absolute Gasteiger partial charge is 0.476 e. The zero-order chi connectivity index (χ0) is 15.5. The average molecular weight is 351 g/mol. The number of ether oxygens (including phenoxy) is 1. The minimum absolute atomic E-state index is 0.0614. The number of nitrogens with one attached hydrogen (secondary N) is 1. The van der Waals surface area contributed by atoms with Crippen molar-refractivity contribution >= 4 is 33.3 Å². The van der Waals surface area contributed by atoms with Crippen LogP contribution >= 0.6 is 15.9 Å². The summed E-state index contributed by atoms with van der Waals surface area (Å²) in [4.78, 5) is 8.59. The minimum Gasteiger partial charge on any atom is -0.476 e. The molecule has 2 rings (SSSR count). The number of hydrogen-bond donors (Lipinski definition) is 2. The molecule has 0 bridgehead atoms. The van der Waals surface area contributed by atoms with Crippen LogP contribution in [0.2, 0.25) is 0 Å².